The molecule has 2 N–H and O–H groups in total. The minimum Gasteiger partial charge on any atom is -0.496 e. The van der Waals surface area contributed by atoms with Crippen LogP contribution < -0.4 is 10.1 Å². The summed E-state index contributed by atoms with van der Waals surface area (Å²) in [5.74, 6) is 1.19. The molecule has 2 aromatic carbocycles. The highest BCUT2D eigenvalue weighted by Gasteiger charge is 2.07. The van der Waals surface area contributed by atoms with Crippen molar-refractivity contribution in [2.45, 2.75) is 11.6 Å². The van der Waals surface area contributed by atoms with Crippen LogP contribution in [0.25, 0.3) is 11.0 Å². The van der Waals surface area contributed by atoms with E-state index in [1.165, 1.54) is 11.8 Å². The molecule has 0 bridgehead atoms. The second-order valence-electron chi connectivity index (χ2n) is 5.26. The van der Waals surface area contributed by atoms with Gasteiger partial charge in [0.05, 0.1) is 23.9 Å². The van der Waals surface area contributed by atoms with E-state index in [1.54, 1.807) is 7.11 Å². The average molecular weight is 341 g/mol. The van der Waals surface area contributed by atoms with E-state index in [1.807, 2.05) is 48.5 Å². The summed E-state index contributed by atoms with van der Waals surface area (Å²) in [6.45, 7) is 0.583. The molecule has 0 fully saturated rings. The molecule has 6 heteroatoms. The molecule has 24 heavy (non-hydrogen) atoms. The van der Waals surface area contributed by atoms with Crippen LogP contribution in [0.1, 0.15) is 5.56 Å². The van der Waals surface area contributed by atoms with Gasteiger partial charge in [-0.3, -0.25) is 4.79 Å². The number of methoxy groups -OCH3 is 1. The van der Waals surface area contributed by atoms with Crippen LogP contribution in [0.5, 0.6) is 5.75 Å². The van der Waals surface area contributed by atoms with E-state index in [0.29, 0.717) is 12.3 Å². The zero-order valence-corrected chi connectivity index (χ0v) is 14.2. The highest BCUT2D eigenvalue weighted by Crippen LogP contribution is 2.19. The average Bonchev–Trinajstić information content (AvgIpc) is 3.03. The first-order valence-electron chi connectivity index (χ1n) is 7.72. The highest BCUT2D eigenvalue weighted by molar-refractivity contribution is 7.99. The summed E-state index contributed by atoms with van der Waals surface area (Å²) in [5, 5.41) is 3.69. The van der Waals surface area contributed by atoms with Crippen molar-refractivity contribution >= 4 is 28.7 Å². The highest BCUT2D eigenvalue weighted by atomic mass is 32.2. The van der Waals surface area contributed by atoms with E-state index < -0.39 is 0 Å². The lowest BCUT2D eigenvalue weighted by Gasteiger charge is -2.08. The van der Waals surface area contributed by atoms with Crippen molar-refractivity contribution < 1.29 is 9.53 Å². The van der Waals surface area contributed by atoms with Crippen LogP contribution in [-0.4, -0.2) is 35.3 Å². The Hall–Kier alpha value is -2.47. The number of imidazole rings is 1. The van der Waals surface area contributed by atoms with E-state index in [2.05, 4.69) is 15.3 Å². The van der Waals surface area contributed by atoms with Crippen LogP contribution >= 0.6 is 11.8 Å². The van der Waals surface area contributed by atoms with Crippen molar-refractivity contribution in [2.24, 2.45) is 0 Å². The lowest BCUT2D eigenvalue weighted by Crippen LogP contribution is -2.27. The number of aromatic nitrogens is 2. The molecule has 1 heterocycles. The Morgan fingerprint density at radius 3 is 2.83 bits per heavy atom. The van der Waals surface area contributed by atoms with E-state index in [4.69, 9.17) is 4.74 Å². The van der Waals surface area contributed by atoms with Gasteiger partial charge in [0.2, 0.25) is 5.91 Å². The number of thioether (sulfide) groups is 1. The minimum atomic E-state index is -0.00430. The quantitative estimate of drug-likeness (QED) is 0.648. The molecule has 0 spiro atoms. The van der Waals surface area contributed by atoms with Crippen molar-refractivity contribution in [3.05, 3.63) is 54.1 Å². The van der Waals surface area contributed by atoms with Gasteiger partial charge in [0, 0.05) is 6.54 Å². The lowest BCUT2D eigenvalue weighted by atomic mass is 10.1. The van der Waals surface area contributed by atoms with Gasteiger partial charge in [0.1, 0.15) is 5.75 Å². The van der Waals surface area contributed by atoms with Crippen LogP contribution in [0.2, 0.25) is 0 Å². The predicted octanol–water partition coefficient (Wildman–Crippen LogP) is 3.02. The number of nitrogens with zero attached hydrogens (tertiary/aromatic N) is 1. The number of para-hydroxylation sites is 3. The molecule has 0 radical (unpaired) electrons. The number of benzene rings is 2. The molecule has 0 unspecified atom stereocenters. The fourth-order valence-corrected chi connectivity index (χ4v) is 3.14. The Morgan fingerprint density at radius 1 is 1.21 bits per heavy atom. The monoisotopic (exact) mass is 341 g/mol. The first kappa shape index (κ1) is 16.4. The Bertz CT molecular complexity index is 799. The molecule has 1 aromatic heterocycles. The van der Waals surface area contributed by atoms with Crippen molar-refractivity contribution in [1.29, 1.82) is 0 Å². The number of carbonyl (C=O) groups is 1. The molecule has 124 valence electrons. The lowest BCUT2D eigenvalue weighted by molar-refractivity contribution is -0.118. The van der Waals surface area contributed by atoms with Gasteiger partial charge < -0.3 is 15.0 Å². The fraction of sp³-hybridized carbons (Fsp3) is 0.222. The fourth-order valence-electron chi connectivity index (χ4n) is 2.43. The van der Waals surface area contributed by atoms with Crippen LogP contribution in [0, 0.1) is 0 Å². The van der Waals surface area contributed by atoms with Crippen molar-refractivity contribution in [3.8, 4) is 5.75 Å². The molecule has 0 aliphatic carbocycles. The Labute approximate surface area is 144 Å². The van der Waals surface area contributed by atoms with Crippen molar-refractivity contribution in [1.82, 2.24) is 15.3 Å². The molecule has 5 nitrogen and oxygen atoms in total. The Kier molecular flexibility index (Phi) is 5.38. The third-order valence-electron chi connectivity index (χ3n) is 3.62. The summed E-state index contributed by atoms with van der Waals surface area (Å²) in [6.07, 6.45) is 0.741. The maximum atomic E-state index is 12.0. The van der Waals surface area contributed by atoms with Crippen LogP contribution in [0.15, 0.2) is 53.7 Å². The first-order valence-corrected chi connectivity index (χ1v) is 8.71. The van der Waals surface area contributed by atoms with Gasteiger partial charge in [-0.1, -0.05) is 42.1 Å². The van der Waals surface area contributed by atoms with Gasteiger partial charge in [-0.15, -0.1) is 0 Å². The summed E-state index contributed by atoms with van der Waals surface area (Å²) in [6, 6.07) is 15.7. The first-order chi connectivity index (χ1) is 11.8. The largest absolute Gasteiger partial charge is 0.496 e. The third kappa shape index (κ3) is 4.08. The summed E-state index contributed by atoms with van der Waals surface area (Å²) in [7, 11) is 1.65. The molecule has 0 saturated carbocycles. The van der Waals surface area contributed by atoms with E-state index >= 15 is 0 Å². The Balaban J connectivity index is 1.46. The standard InChI is InChI=1S/C18H19N3O2S/c1-23-16-9-5-2-6-13(16)10-11-19-17(22)12-24-18-20-14-7-3-4-8-15(14)21-18/h2-9H,10-12H2,1H3,(H,19,22)(H,20,21). The molecule has 3 aromatic rings. The molecule has 3 rings (SSSR count). The van der Waals surface area contributed by atoms with Gasteiger partial charge in [-0.2, -0.15) is 0 Å². The number of fused-ring (bicyclic) bond motifs is 1. The topological polar surface area (TPSA) is 67.0 Å². The molecule has 0 aliphatic heterocycles. The van der Waals surface area contributed by atoms with E-state index in [9.17, 15) is 4.79 Å². The number of hydrogen-bond donors (Lipinski definition) is 2. The predicted molar refractivity (Wildman–Crippen MR) is 96.5 cm³/mol. The number of nitrogens with one attached hydrogen (secondary N) is 2. The molecule has 1 amide bonds. The maximum absolute atomic E-state index is 12.0. The number of carbonyl (C=O) groups excluding carboxylic acids is 1. The number of rotatable bonds is 7. The Morgan fingerprint density at radius 2 is 2.00 bits per heavy atom. The zero-order chi connectivity index (χ0) is 16.8. The van der Waals surface area contributed by atoms with Crippen molar-refractivity contribution in [3.63, 3.8) is 0 Å². The second kappa shape index (κ2) is 7.88. The van der Waals surface area contributed by atoms with Gasteiger partial charge in [-0.05, 0) is 30.2 Å². The normalized spacial score (nSPS) is 10.7. The van der Waals surface area contributed by atoms with Gasteiger partial charge in [-0.25, -0.2) is 4.98 Å². The van der Waals surface area contributed by atoms with Crippen molar-refractivity contribution in [2.75, 3.05) is 19.4 Å². The summed E-state index contributed by atoms with van der Waals surface area (Å²) in [4.78, 5) is 19.6. The van der Waals surface area contributed by atoms with Gasteiger partial charge in [0.15, 0.2) is 5.16 Å². The molecule has 0 aliphatic rings. The number of amides is 1. The number of H-pyrrole nitrogens is 1. The summed E-state index contributed by atoms with van der Waals surface area (Å²) >= 11 is 1.40. The molecule has 0 saturated heterocycles. The number of hydrogen-bond acceptors (Lipinski definition) is 4. The SMILES string of the molecule is COc1ccccc1CCNC(=O)CSc1nc2ccccc2[nH]1. The van der Waals surface area contributed by atoms with E-state index in [0.717, 1.165) is 33.9 Å². The van der Waals surface area contributed by atoms with Gasteiger partial charge >= 0.3 is 0 Å². The zero-order valence-electron chi connectivity index (χ0n) is 13.4. The number of aromatic amines is 1. The third-order valence-corrected chi connectivity index (χ3v) is 4.49. The smallest absolute Gasteiger partial charge is 0.230 e. The second-order valence-corrected chi connectivity index (χ2v) is 6.22. The summed E-state index contributed by atoms with van der Waals surface area (Å²) < 4.78 is 5.31. The maximum Gasteiger partial charge on any atom is 0.230 e. The minimum absolute atomic E-state index is 0.00430. The molecular weight excluding hydrogens is 322 g/mol. The van der Waals surface area contributed by atoms with Crippen LogP contribution in [0.4, 0.5) is 0 Å². The molecular formula is C18H19N3O2S. The number of ether oxygens (including phenoxy) is 1. The summed E-state index contributed by atoms with van der Waals surface area (Å²) in [5.41, 5.74) is 2.98. The van der Waals surface area contributed by atoms with Crippen LogP contribution in [0.3, 0.4) is 0 Å². The van der Waals surface area contributed by atoms with Gasteiger partial charge in [0.25, 0.3) is 0 Å². The van der Waals surface area contributed by atoms with Crippen LogP contribution in [-0.2, 0) is 11.2 Å². The molecule has 0 atom stereocenters. The van der Waals surface area contributed by atoms with E-state index in [-0.39, 0.29) is 5.91 Å².